The first-order valence-corrected chi connectivity index (χ1v) is 7.33. The quantitative estimate of drug-likeness (QED) is 0.597. The van der Waals surface area contributed by atoms with E-state index in [2.05, 4.69) is 4.98 Å². The Labute approximate surface area is 107 Å². The highest BCUT2D eigenvalue weighted by Crippen LogP contribution is 2.29. The molecule has 0 N–H and O–H groups in total. The van der Waals surface area contributed by atoms with E-state index in [0.717, 1.165) is 16.4 Å². The predicted molar refractivity (Wildman–Crippen MR) is 71.5 cm³/mol. The number of aromatic nitrogens is 1. The van der Waals surface area contributed by atoms with Crippen molar-refractivity contribution in [2.45, 2.75) is 43.9 Å². The summed E-state index contributed by atoms with van der Waals surface area (Å²) in [5.41, 5.74) is 0.721. The van der Waals surface area contributed by atoms with Gasteiger partial charge in [-0.15, -0.1) is 11.8 Å². The minimum atomic E-state index is 0.0950. The smallest absolute Gasteiger partial charge is 0.161 e. The van der Waals surface area contributed by atoms with Crippen LogP contribution in [0.4, 0.5) is 0 Å². The molecule has 2 rings (SSSR count). The lowest BCUT2D eigenvalue weighted by atomic mass is 9.91. The Bertz CT molecular complexity index is 386. The maximum atomic E-state index is 11.3. The average Bonchev–Trinajstić information content (AvgIpc) is 2.38. The Morgan fingerprint density at radius 3 is 2.82 bits per heavy atom. The van der Waals surface area contributed by atoms with Crippen LogP contribution in [-0.2, 0) is 0 Å². The standard InChI is InChI=1S/C14H19NOS/c1-11(16)13-7-14(9-15-8-13)17-10-12-5-3-2-4-6-12/h7-9,12H,2-6,10H2,1H3. The number of pyridine rings is 1. The highest BCUT2D eigenvalue weighted by molar-refractivity contribution is 7.99. The summed E-state index contributed by atoms with van der Waals surface area (Å²) in [4.78, 5) is 16.5. The van der Waals surface area contributed by atoms with Crippen molar-refractivity contribution in [1.82, 2.24) is 4.98 Å². The molecular formula is C14H19NOS. The van der Waals surface area contributed by atoms with Crippen molar-refractivity contribution in [2.75, 3.05) is 5.75 Å². The maximum Gasteiger partial charge on any atom is 0.161 e. The zero-order chi connectivity index (χ0) is 12.1. The van der Waals surface area contributed by atoms with E-state index < -0.39 is 0 Å². The molecule has 0 atom stereocenters. The third-order valence-corrected chi connectivity index (χ3v) is 4.52. The number of carbonyl (C=O) groups is 1. The molecule has 0 saturated heterocycles. The van der Waals surface area contributed by atoms with Crippen molar-refractivity contribution in [2.24, 2.45) is 5.92 Å². The van der Waals surface area contributed by atoms with E-state index in [1.54, 1.807) is 13.1 Å². The number of Topliss-reactive ketones (excluding diaryl/α,β-unsaturated/α-hetero) is 1. The minimum absolute atomic E-state index is 0.0950. The third-order valence-electron chi connectivity index (χ3n) is 3.33. The van der Waals surface area contributed by atoms with Crippen LogP contribution in [0.25, 0.3) is 0 Å². The van der Waals surface area contributed by atoms with Gasteiger partial charge in [0.15, 0.2) is 5.78 Å². The Morgan fingerprint density at radius 2 is 2.12 bits per heavy atom. The molecule has 0 bridgehead atoms. The fourth-order valence-corrected chi connectivity index (χ4v) is 3.37. The number of hydrogen-bond donors (Lipinski definition) is 0. The molecule has 1 fully saturated rings. The van der Waals surface area contributed by atoms with Gasteiger partial charge in [0.1, 0.15) is 0 Å². The number of hydrogen-bond acceptors (Lipinski definition) is 3. The lowest BCUT2D eigenvalue weighted by Crippen LogP contribution is -2.08. The van der Waals surface area contributed by atoms with E-state index in [1.165, 1.54) is 37.9 Å². The van der Waals surface area contributed by atoms with Gasteiger partial charge in [0.05, 0.1) is 0 Å². The van der Waals surface area contributed by atoms with E-state index >= 15 is 0 Å². The molecule has 0 aliphatic heterocycles. The molecule has 17 heavy (non-hydrogen) atoms. The second kappa shape index (κ2) is 6.20. The Kier molecular flexibility index (Phi) is 4.60. The maximum absolute atomic E-state index is 11.3. The number of carbonyl (C=O) groups excluding carboxylic acids is 1. The van der Waals surface area contributed by atoms with Gasteiger partial charge in [-0.1, -0.05) is 19.3 Å². The van der Waals surface area contributed by atoms with Gasteiger partial charge in [-0.3, -0.25) is 9.78 Å². The lowest BCUT2D eigenvalue weighted by Gasteiger charge is -2.20. The van der Waals surface area contributed by atoms with Gasteiger partial charge in [-0.25, -0.2) is 0 Å². The van der Waals surface area contributed by atoms with Gasteiger partial charge in [0.2, 0.25) is 0 Å². The van der Waals surface area contributed by atoms with Crippen molar-refractivity contribution < 1.29 is 4.79 Å². The third kappa shape index (κ3) is 3.84. The molecule has 1 aliphatic carbocycles. The second-order valence-electron chi connectivity index (χ2n) is 4.78. The molecule has 92 valence electrons. The molecule has 1 heterocycles. The summed E-state index contributed by atoms with van der Waals surface area (Å²) >= 11 is 1.84. The van der Waals surface area contributed by atoms with Crippen LogP contribution in [0, 0.1) is 5.92 Å². The Balaban J connectivity index is 1.89. The van der Waals surface area contributed by atoms with Crippen LogP contribution in [0.15, 0.2) is 23.4 Å². The average molecular weight is 249 g/mol. The molecule has 1 aliphatic rings. The molecule has 0 aromatic carbocycles. The van der Waals surface area contributed by atoms with Crippen molar-refractivity contribution >= 4 is 17.5 Å². The number of nitrogens with zero attached hydrogens (tertiary/aromatic N) is 1. The van der Waals surface area contributed by atoms with Crippen molar-refractivity contribution in [3.63, 3.8) is 0 Å². The van der Waals surface area contributed by atoms with E-state index in [9.17, 15) is 4.79 Å². The van der Waals surface area contributed by atoms with Crippen molar-refractivity contribution in [3.8, 4) is 0 Å². The van der Waals surface area contributed by atoms with Crippen LogP contribution >= 0.6 is 11.8 Å². The van der Waals surface area contributed by atoms with E-state index in [1.807, 2.05) is 24.0 Å². The number of thioether (sulfide) groups is 1. The highest BCUT2D eigenvalue weighted by atomic mass is 32.2. The second-order valence-corrected chi connectivity index (χ2v) is 5.87. The van der Waals surface area contributed by atoms with Crippen LogP contribution in [0.1, 0.15) is 49.4 Å². The Morgan fingerprint density at radius 1 is 1.35 bits per heavy atom. The van der Waals surface area contributed by atoms with Crippen LogP contribution < -0.4 is 0 Å². The van der Waals surface area contributed by atoms with Crippen LogP contribution in [0.3, 0.4) is 0 Å². The first kappa shape index (κ1) is 12.6. The van der Waals surface area contributed by atoms with Gasteiger partial charge >= 0.3 is 0 Å². The fourth-order valence-electron chi connectivity index (χ4n) is 2.26. The monoisotopic (exact) mass is 249 g/mol. The highest BCUT2D eigenvalue weighted by Gasteiger charge is 2.13. The number of ketones is 1. The molecule has 0 amide bonds. The summed E-state index contributed by atoms with van der Waals surface area (Å²) in [6.45, 7) is 1.59. The largest absolute Gasteiger partial charge is 0.294 e. The molecule has 1 aromatic heterocycles. The summed E-state index contributed by atoms with van der Waals surface area (Å²) < 4.78 is 0. The fraction of sp³-hybridized carbons (Fsp3) is 0.571. The van der Waals surface area contributed by atoms with E-state index in [4.69, 9.17) is 0 Å². The molecular weight excluding hydrogens is 230 g/mol. The molecule has 1 aromatic rings. The zero-order valence-electron chi connectivity index (χ0n) is 10.3. The normalized spacial score (nSPS) is 17.0. The number of rotatable bonds is 4. The van der Waals surface area contributed by atoms with Crippen molar-refractivity contribution in [3.05, 3.63) is 24.0 Å². The molecule has 0 unspecified atom stereocenters. The minimum Gasteiger partial charge on any atom is -0.294 e. The van der Waals surface area contributed by atoms with Crippen molar-refractivity contribution in [1.29, 1.82) is 0 Å². The summed E-state index contributed by atoms with van der Waals surface area (Å²) in [5.74, 6) is 2.12. The van der Waals surface area contributed by atoms with Gasteiger partial charge < -0.3 is 0 Å². The summed E-state index contributed by atoms with van der Waals surface area (Å²) in [7, 11) is 0. The summed E-state index contributed by atoms with van der Waals surface area (Å²) in [6.07, 6.45) is 10.4. The van der Waals surface area contributed by atoms with Crippen LogP contribution in [0.5, 0.6) is 0 Å². The topological polar surface area (TPSA) is 30.0 Å². The lowest BCUT2D eigenvalue weighted by molar-refractivity contribution is 0.101. The SMILES string of the molecule is CC(=O)c1cncc(SCC2CCCCC2)c1. The predicted octanol–water partition coefficient (Wildman–Crippen LogP) is 3.96. The van der Waals surface area contributed by atoms with Crippen LogP contribution in [0.2, 0.25) is 0 Å². The summed E-state index contributed by atoms with van der Waals surface area (Å²) in [6, 6.07) is 1.96. The first-order chi connectivity index (χ1) is 8.25. The van der Waals surface area contributed by atoms with Gasteiger partial charge in [-0.05, 0) is 31.7 Å². The zero-order valence-corrected chi connectivity index (χ0v) is 11.1. The molecule has 2 nitrogen and oxygen atoms in total. The van der Waals surface area contributed by atoms with Crippen LogP contribution in [-0.4, -0.2) is 16.5 Å². The Hall–Kier alpha value is -0.830. The van der Waals surface area contributed by atoms with E-state index in [0.29, 0.717) is 0 Å². The van der Waals surface area contributed by atoms with Gasteiger partial charge in [-0.2, -0.15) is 0 Å². The summed E-state index contributed by atoms with van der Waals surface area (Å²) in [5, 5.41) is 0. The molecule has 3 heteroatoms. The van der Waals surface area contributed by atoms with Gasteiger partial charge in [0.25, 0.3) is 0 Å². The first-order valence-electron chi connectivity index (χ1n) is 6.34. The van der Waals surface area contributed by atoms with E-state index in [-0.39, 0.29) is 5.78 Å². The van der Waals surface area contributed by atoms with Gasteiger partial charge in [0, 0.05) is 28.6 Å². The molecule has 0 radical (unpaired) electrons. The molecule has 1 saturated carbocycles. The molecule has 0 spiro atoms.